The van der Waals surface area contributed by atoms with E-state index in [0.29, 0.717) is 5.69 Å². The first-order valence-electron chi connectivity index (χ1n) is 5.53. The van der Waals surface area contributed by atoms with Crippen molar-refractivity contribution in [2.45, 2.75) is 13.0 Å². The largest absolute Gasteiger partial charge is 0.480 e. The summed E-state index contributed by atoms with van der Waals surface area (Å²) in [6.45, 7) is 1.58. The van der Waals surface area contributed by atoms with Crippen LogP contribution in [-0.2, 0) is 4.79 Å². The van der Waals surface area contributed by atoms with Crippen LogP contribution in [0, 0.1) is 0 Å². The van der Waals surface area contributed by atoms with Gasteiger partial charge in [0.25, 0.3) is 0 Å². The number of aliphatic carboxylic acids is 1. The Balaban J connectivity index is 2.13. The van der Waals surface area contributed by atoms with Gasteiger partial charge in [-0.05, 0) is 31.2 Å². The quantitative estimate of drug-likeness (QED) is 0.859. The molecule has 2 N–H and O–H groups in total. The Kier molecular flexibility index (Phi) is 3.52. The molecule has 0 fully saturated rings. The number of pyridine rings is 2. The molecule has 0 spiro atoms. The number of hydrogen-bond acceptors (Lipinski definition) is 4. The zero-order chi connectivity index (χ0) is 13.0. The van der Waals surface area contributed by atoms with Crippen molar-refractivity contribution in [1.82, 2.24) is 9.97 Å². The maximum atomic E-state index is 10.7. The van der Waals surface area contributed by atoms with Crippen LogP contribution in [0.4, 0.5) is 5.69 Å². The van der Waals surface area contributed by atoms with Gasteiger partial charge in [0.1, 0.15) is 6.04 Å². The van der Waals surface area contributed by atoms with Crippen LogP contribution in [0.2, 0.25) is 0 Å². The number of carbonyl (C=O) groups is 1. The lowest BCUT2D eigenvalue weighted by Gasteiger charge is -2.10. The van der Waals surface area contributed by atoms with Crippen LogP contribution in [0.3, 0.4) is 0 Å². The molecule has 0 aliphatic carbocycles. The standard InChI is InChI=1S/C13H13N3O2/c1-9(13(17)18)16-10-5-6-12(15-8-10)11-4-2-3-7-14-11/h2-9,16H,1H3,(H,17,18). The second-order valence-corrected chi connectivity index (χ2v) is 3.85. The summed E-state index contributed by atoms with van der Waals surface area (Å²) in [5.74, 6) is -0.899. The van der Waals surface area contributed by atoms with Crippen LogP contribution in [0.5, 0.6) is 0 Å². The molecule has 2 rings (SSSR count). The van der Waals surface area contributed by atoms with E-state index in [2.05, 4.69) is 15.3 Å². The van der Waals surface area contributed by atoms with Crippen molar-refractivity contribution in [3.05, 3.63) is 42.7 Å². The molecule has 2 heterocycles. The van der Waals surface area contributed by atoms with Gasteiger partial charge < -0.3 is 10.4 Å². The van der Waals surface area contributed by atoms with Gasteiger partial charge in [-0.1, -0.05) is 6.07 Å². The summed E-state index contributed by atoms with van der Waals surface area (Å²) in [6, 6.07) is 8.55. The van der Waals surface area contributed by atoms with E-state index in [1.165, 1.54) is 0 Å². The third-order valence-corrected chi connectivity index (χ3v) is 2.44. The molecule has 2 aromatic heterocycles. The first-order chi connectivity index (χ1) is 8.66. The highest BCUT2D eigenvalue weighted by atomic mass is 16.4. The van der Waals surface area contributed by atoms with Crippen molar-refractivity contribution in [3.8, 4) is 11.4 Å². The summed E-state index contributed by atoms with van der Waals surface area (Å²) < 4.78 is 0. The molecule has 18 heavy (non-hydrogen) atoms. The monoisotopic (exact) mass is 243 g/mol. The van der Waals surface area contributed by atoms with Crippen molar-refractivity contribution in [3.63, 3.8) is 0 Å². The summed E-state index contributed by atoms with van der Waals surface area (Å²) in [6.07, 6.45) is 3.30. The van der Waals surface area contributed by atoms with E-state index in [1.54, 1.807) is 31.5 Å². The average Bonchev–Trinajstić information content (AvgIpc) is 2.40. The molecule has 0 saturated carbocycles. The summed E-state index contributed by atoms with van der Waals surface area (Å²) >= 11 is 0. The molecule has 1 atom stereocenters. The molecule has 0 amide bonds. The van der Waals surface area contributed by atoms with Crippen molar-refractivity contribution in [2.75, 3.05) is 5.32 Å². The topological polar surface area (TPSA) is 75.1 Å². The Morgan fingerprint density at radius 2 is 2.00 bits per heavy atom. The Morgan fingerprint density at radius 1 is 1.22 bits per heavy atom. The Morgan fingerprint density at radius 3 is 2.56 bits per heavy atom. The van der Waals surface area contributed by atoms with E-state index < -0.39 is 12.0 Å². The molecule has 0 radical (unpaired) electrons. The first-order valence-corrected chi connectivity index (χ1v) is 5.53. The van der Waals surface area contributed by atoms with Gasteiger partial charge in [-0.15, -0.1) is 0 Å². The van der Waals surface area contributed by atoms with Crippen molar-refractivity contribution >= 4 is 11.7 Å². The van der Waals surface area contributed by atoms with Gasteiger partial charge in [0.2, 0.25) is 0 Å². The molecule has 92 valence electrons. The number of anilines is 1. The molecule has 5 heteroatoms. The molecule has 0 aliphatic heterocycles. The zero-order valence-corrected chi connectivity index (χ0v) is 9.87. The molecule has 0 saturated heterocycles. The fourth-order valence-electron chi connectivity index (χ4n) is 1.46. The number of nitrogens with one attached hydrogen (secondary N) is 1. The van der Waals surface area contributed by atoms with Gasteiger partial charge >= 0.3 is 5.97 Å². The minimum Gasteiger partial charge on any atom is -0.480 e. The predicted molar refractivity (Wildman–Crippen MR) is 68.2 cm³/mol. The lowest BCUT2D eigenvalue weighted by atomic mass is 10.2. The zero-order valence-electron chi connectivity index (χ0n) is 9.87. The molecule has 2 aromatic rings. The molecule has 0 aliphatic rings. The van der Waals surface area contributed by atoms with Crippen LogP contribution in [0.15, 0.2) is 42.7 Å². The second kappa shape index (κ2) is 5.27. The van der Waals surface area contributed by atoms with E-state index in [-0.39, 0.29) is 0 Å². The van der Waals surface area contributed by atoms with E-state index in [4.69, 9.17) is 5.11 Å². The van der Waals surface area contributed by atoms with Gasteiger partial charge in [0, 0.05) is 6.20 Å². The molecular formula is C13H13N3O2. The van der Waals surface area contributed by atoms with Crippen molar-refractivity contribution in [2.24, 2.45) is 0 Å². The molecular weight excluding hydrogens is 230 g/mol. The molecule has 1 unspecified atom stereocenters. The average molecular weight is 243 g/mol. The van der Waals surface area contributed by atoms with Crippen molar-refractivity contribution in [1.29, 1.82) is 0 Å². The normalized spacial score (nSPS) is 11.8. The highest BCUT2D eigenvalue weighted by Crippen LogP contribution is 2.16. The lowest BCUT2D eigenvalue weighted by Crippen LogP contribution is -2.25. The summed E-state index contributed by atoms with van der Waals surface area (Å²) in [7, 11) is 0. The third-order valence-electron chi connectivity index (χ3n) is 2.44. The van der Waals surface area contributed by atoms with E-state index in [1.807, 2.05) is 18.2 Å². The molecule has 5 nitrogen and oxygen atoms in total. The van der Waals surface area contributed by atoms with Crippen LogP contribution in [0.1, 0.15) is 6.92 Å². The van der Waals surface area contributed by atoms with E-state index >= 15 is 0 Å². The molecule has 0 bridgehead atoms. The van der Waals surface area contributed by atoms with E-state index in [9.17, 15) is 4.79 Å². The number of carboxylic acids is 1. The number of hydrogen-bond donors (Lipinski definition) is 2. The Bertz CT molecular complexity index is 526. The van der Waals surface area contributed by atoms with Crippen LogP contribution < -0.4 is 5.32 Å². The van der Waals surface area contributed by atoms with Gasteiger partial charge in [-0.3, -0.25) is 14.8 Å². The Hall–Kier alpha value is -2.43. The summed E-state index contributed by atoms with van der Waals surface area (Å²) in [5, 5.41) is 11.6. The maximum absolute atomic E-state index is 10.7. The van der Waals surface area contributed by atoms with Gasteiger partial charge in [-0.25, -0.2) is 0 Å². The van der Waals surface area contributed by atoms with Gasteiger partial charge in [0.05, 0.1) is 23.3 Å². The van der Waals surface area contributed by atoms with Crippen LogP contribution in [-0.4, -0.2) is 27.1 Å². The fourth-order valence-corrected chi connectivity index (χ4v) is 1.46. The van der Waals surface area contributed by atoms with Crippen molar-refractivity contribution < 1.29 is 9.90 Å². The van der Waals surface area contributed by atoms with E-state index in [0.717, 1.165) is 11.4 Å². The maximum Gasteiger partial charge on any atom is 0.325 e. The van der Waals surface area contributed by atoms with Crippen LogP contribution >= 0.6 is 0 Å². The molecule has 0 aromatic carbocycles. The SMILES string of the molecule is CC(Nc1ccc(-c2ccccn2)nc1)C(=O)O. The summed E-state index contributed by atoms with van der Waals surface area (Å²) in [5.41, 5.74) is 2.21. The minimum atomic E-state index is -0.899. The number of rotatable bonds is 4. The first kappa shape index (κ1) is 12.0. The second-order valence-electron chi connectivity index (χ2n) is 3.85. The fraction of sp³-hybridized carbons (Fsp3) is 0.154. The van der Waals surface area contributed by atoms with Crippen LogP contribution in [0.25, 0.3) is 11.4 Å². The number of carboxylic acid groups (broad SMARTS) is 1. The highest BCUT2D eigenvalue weighted by molar-refractivity contribution is 5.76. The van der Waals surface area contributed by atoms with Gasteiger partial charge in [-0.2, -0.15) is 0 Å². The Labute approximate surface area is 105 Å². The lowest BCUT2D eigenvalue weighted by molar-refractivity contribution is -0.137. The number of aromatic nitrogens is 2. The van der Waals surface area contributed by atoms with Gasteiger partial charge in [0.15, 0.2) is 0 Å². The summed E-state index contributed by atoms with van der Waals surface area (Å²) in [4.78, 5) is 19.1. The number of nitrogens with zero attached hydrogens (tertiary/aromatic N) is 2. The third kappa shape index (κ3) is 2.82. The smallest absolute Gasteiger partial charge is 0.325 e. The predicted octanol–water partition coefficient (Wildman–Crippen LogP) is 2.03. The highest BCUT2D eigenvalue weighted by Gasteiger charge is 2.10. The minimum absolute atomic E-state index is 0.646.